The Kier molecular flexibility index (Phi) is 4.87. The number of nitrogens with zero attached hydrogens (tertiary/aromatic N) is 1. The molecule has 0 saturated carbocycles. The van der Waals surface area contributed by atoms with Crippen molar-refractivity contribution in [3.8, 4) is 0 Å². The minimum absolute atomic E-state index is 0.0915. The molecule has 0 aliphatic rings. The van der Waals surface area contributed by atoms with Crippen LogP contribution in [0.2, 0.25) is 0 Å². The van der Waals surface area contributed by atoms with E-state index >= 15 is 0 Å². The van der Waals surface area contributed by atoms with Crippen LogP contribution in [0.1, 0.15) is 12.0 Å². The fraction of sp³-hybridized carbons (Fsp3) is 0.133. The highest BCUT2D eigenvalue weighted by Gasteiger charge is 2.03. The van der Waals surface area contributed by atoms with Crippen LogP contribution in [0.25, 0.3) is 0 Å². The van der Waals surface area contributed by atoms with E-state index in [0.29, 0.717) is 17.8 Å². The number of benzene rings is 1. The van der Waals surface area contributed by atoms with Crippen molar-refractivity contribution in [1.82, 2.24) is 4.98 Å². The van der Waals surface area contributed by atoms with Crippen molar-refractivity contribution in [3.63, 3.8) is 0 Å². The number of aliphatic carboxylic acids is 1. The molecule has 21 heavy (non-hydrogen) atoms. The van der Waals surface area contributed by atoms with E-state index < -0.39 is 5.97 Å². The van der Waals surface area contributed by atoms with Crippen molar-refractivity contribution < 1.29 is 14.7 Å². The molecule has 0 saturated heterocycles. The molecule has 6 heteroatoms. The van der Waals surface area contributed by atoms with Crippen LogP contribution in [0.3, 0.4) is 0 Å². The average molecular weight is 285 g/mol. The summed E-state index contributed by atoms with van der Waals surface area (Å²) in [5, 5.41) is 14.0. The van der Waals surface area contributed by atoms with Gasteiger partial charge in [0.25, 0.3) is 0 Å². The van der Waals surface area contributed by atoms with Crippen LogP contribution in [0.4, 0.5) is 16.2 Å². The highest BCUT2D eigenvalue weighted by atomic mass is 16.4. The molecule has 1 aromatic heterocycles. The van der Waals surface area contributed by atoms with Gasteiger partial charge in [-0.2, -0.15) is 0 Å². The number of nitrogens with one attached hydrogen (secondary N) is 2. The number of carbonyl (C=O) groups is 2. The van der Waals surface area contributed by atoms with Gasteiger partial charge in [-0.05, 0) is 36.2 Å². The highest BCUT2D eigenvalue weighted by molar-refractivity contribution is 5.99. The SMILES string of the molecule is O=C(O)CCc1ccc(NC(=O)Nc2cccnc2)cc1. The summed E-state index contributed by atoms with van der Waals surface area (Å²) in [4.78, 5) is 26.1. The number of pyridine rings is 1. The topological polar surface area (TPSA) is 91.3 Å². The zero-order chi connectivity index (χ0) is 15.1. The molecule has 0 bridgehead atoms. The lowest BCUT2D eigenvalue weighted by atomic mass is 10.1. The molecule has 0 aliphatic heterocycles. The molecule has 0 aliphatic carbocycles. The first-order valence-corrected chi connectivity index (χ1v) is 6.42. The van der Waals surface area contributed by atoms with Crippen molar-refractivity contribution in [3.05, 3.63) is 54.4 Å². The molecule has 0 radical (unpaired) electrons. The molecule has 2 rings (SSSR count). The van der Waals surface area contributed by atoms with Gasteiger partial charge in [0.05, 0.1) is 11.9 Å². The number of rotatable bonds is 5. The Labute approximate surface area is 121 Å². The smallest absolute Gasteiger partial charge is 0.323 e. The number of amides is 2. The van der Waals surface area contributed by atoms with Crippen LogP contribution < -0.4 is 10.6 Å². The Morgan fingerprint density at radius 1 is 1.05 bits per heavy atom. The van der Waals surface area contributed by atoms with E-state index in [0.717, 1.165) is 5.56 Å². The molecule has 2 amide bonds. The third-order valence-electron chi connectivity index (χ3n) is 2.76. The van der Waals surface area contributed by atoms with Crippen LogP contribution in [0.5, 0.6) is 0 Å². The lowest BCUT2D eigenvalue weighted by molar-refractivity contribution is -0.136. The molecule has 1 aromatic carbocycles. The zero-order valence-corrected chi connectivity index (χ0v) is 11.2. The summed E-state index contributed by atoms with van der Waals surface area (Å²) in [5.74, 6) is -0.826. The molecule has 0 unspecified atom stereocenters. The summed E-state index contributed by atoms with van der Waals surface area (Å²) in [6.45, 7) is 0. The van der Waals surface area contributed by atoms with Crippen molar-refractivity contribution in [2.45, 2.75) is 12.8 Å². The Hall–Kier alpha value is -2.89. The lowest BCUT2D eigenvalue weighted by Gasteiger charge is -2.08. The Morgan fingerprint density at radius 3 is 2.38 bits per heavy atom. The summed E-state index contributed by atoms with van der Waals surface area (Å²) in [6, 6.07) is 10.2. The summed E-state index contributed by atoms with van der Waals surface area (Å²) in [7, 11) is 0. The van der Waals surface area contributed by atoms with E-state index in [1.54, 1.807) is 48.8 Å². The standard InChI is InChI=1S/C15H15N3O3/c19-14(20)8-5-11-3-6-12(7-4-11)17-15(21)18-13-2-1-9-16-10-13/h1-4,6-7,9-10H,5,8H2,(H,19,20)(H2,17,18,21). The van der Waals surface area contributed by atoms with E-state index in [4.69, 9.17) is 5.11 Å². The van der Waals surface area contributed by atoms with Crippen LogP contribution in [-0.4, -0.2) is 22.1 Å². The molecule has 1 heterocycles. The van der Waals surface area contributed by atoms with E-state index in [1.807, 2.05) is 0 Å². The van der Waals surface area contributed by atoms with Gasteiger partial charge in [0.2, 0.25) is 0 Å². The minimum Gasteiger partial charge on any atom is -0.481 e. The molecular formula is C15H15N3O3. The first-order valence-electron chi connectivity index (χ1n) is 6.42. The second-order valence-corrected chi connectivity index (χ2v) is 4.41. The van der Waals surface area contributed by atoms with Gasteiger partial charge in [-0.15, -0.1) is 0 Å². The number of aryl methyl sites for hydroxylation is 1. The Morgan fingerprint density at radius 2 is 1.76 bits per heavy atom. The first-order chi connectivity index (χ1) is 10.1. The molecule has 3 N–H and O–H groups in total. The van der Waals surface area contributed by atoms with Crippen LogP contribution in [0, 0.1) is 0 Å². The van der Waals surface area contributed by atoms with Gasteiger partial charge in [0, 0.05) is 18.3 Å². The summed E-state index contributed by atoms with van der Waals surface area (Å²) >= 11 is 0. The van der Waals surface area contributed by atoms with Crippen molar-refractivity contribution >= 4 is 23.4 Å². The fourth-order valence-electron chi connectivity index (χ4n) is 1.74. The minimum atomic E-state index is -0.826. The Bertz CT molecular complexity index is 612. The number of carboxylic acids is 1. The monoisotopic (exact) mass is 285 g/mol. The molecule has 6 nitrogen and oxygen atoms in total. The number of aromatic nitrogens is 1. The van der Waals surface area contributed by atoms with Crippen LogP contribution in [-0.2, 0) is 11.2 Å². The number of urea groups is 1. The van der Waals surface area contributed by atoms with Gasteiger partial charge < -0.3 is 15.7 Å². The van der Waals surface area contributed by atoms with E-state index in [9.17, 15) is 9.59 Å². The van der Waals surface area contributed by atoms with Gasteiger partial charge in [0.15, 0.2) is 0 Å². The van der Waals surface area contributed by atoms with Crippen molar-refractivity contribution in [2.75, 3.05) is 10.6 Å². The summed E-state index contributed by atoms with van der Waals surface area (Å²) < 4.78 is 0. The van der Waals surface area contributed by atoms with Gasteiger partial charge >= 0.3 is 12.0 Å². The predicted octanol–water partition coefficient (Wildman–Crippen LogP) is 2.74. The Balaban J connectivity index is 1.88. The number of anilines is 2. The van der Waals surface area contributed by atoms with Gasteiger partial charge in [0.1, 0.15) is 0 Å². The third kappa shape index (κ3) is 4.94. The number of hydrogen-bond acceptors (Lipinski definition) is 3. The quantitative estimate of drug-likeness (QED) is 0.787. The normalized spacial score (nSPS) is 9.90. The summed E-state index contributed by atoms with van der Waals surface area (Å²) in [5.41, 5.74) is 2.15. The third-order valence-corrected chi connectivity index (χ3v) is 2.76. The maximum Gasteiger partial charge on any atom is 0.323 e. The number of hydrogen-bond donors (Lipinski definition) is 3. The van der Waals surface area contributed by atoms with Crippen LogP contribution in [0.15, 0.2) is 48.8 Å². The van der Waals surface area contributed by atoms with Crippen LogP contribution >= 0.6 is 0 Å². The second-order valence-electron chi connectivity index (χ2n) is 4.41. The molecular weight excluding hydrogens is 270 g/mol. The lowest BCUT2D eigenvalue weighted by Crippen LogP contribution is -2.19. The second kappa shape index (κ2) is 7.04. The largest absolute Gasteiger partial charge is 0.481 e. The summed E-state index contributed by atoms with van der Waals surface area (Å²) in [6.07, 6.45) is 3.74. The van der Waals surface area contributed by atoms with Gasteiger partial charge in [-0.25, -0.2) is 4.79 Å². The molecule has 108 valence electrons. The van der Waals surface area contributed by atoms with Crippen molar-refractivity contribution in [2.24, 2.45) is 0 Å². The predicted molar refractivity (Wildman–Crippen MR) is 79.3 cm³/mol. The molecule has 2 aromatic rings. The maximum atomic E-state index is 11.8. The number of carbonyl (C=O) groups excluding carboxylic acids is 1. The number of carboxylic acid groups (broad SMARTS) is 1. The highest BCUT2D eigenvalue weighted by Crippen LogP contribution is 2.12. The molecule has 0 spiro atoms. The molecule has 0 atom stereocenters. The maximum absolute atomic E-state index is 11.8. The average Bonchev–Trinajstić information content (AvgIpc) is 2.47. The zero-order valence-electron chi connectivity index (χ0n) is 11.2. The first kappa shape index (κ1) is 14.5. The fourth-order valence-corrected chi connectivity index (χ4v) is 1.74. The van der Waals surface area contributed by atoms with E-state index in [-0.39, 0.29) is 12.5 Å². The van der Waals surface area contributed by atoms with Crippen molar-refractivity contribution in [1.29, 1.82) is 0 Å². The van der Waals surface area contributed by atoms with E-state index in [1.165, 1.54) is 0 Å². The van der Waals surface area contributed by atoms with E-state index in [2.05, 4.69) is 15.6 Å². The molecule has 0 fully saturated rings. The van der Waals surface area contributed by atoms with Gasteiger partial charge in [-0.3, -0.25) is 9.78 Å². The van der Waals surface area contributed by atoms with Gasteiger partial charge in [-0.1, -0.05) is 12.1 Å².